The fraction of sp³-hybridized carbons (Fsp3) is 0.588. The Labute approximate surface area is 138 Å². The molecule has 5 nitrogen and oxygen atoms in total. The van der Waals surface area contributed by atoms with Gasteiger partial charge in [-0.05, 0) is 49.4 Å². The molecular formula is C17H24N2O3S. The quantitative estimate of drug-likeness (QED) is 0.846. The molecule has 2 atom stereocenters. The van der Waals surface area contributed by atoms with Crippen molar-refractivity contribution in [3.8, 4) is 0 Å². The fourth-order valence-corrected chi connectivity index (χ4v) is 4.58. The fourth-order valence-electron chi connectivity index (χ4n) is 3.07. The highest BCUT2D eigenvalue weighted by Crippen LogP contribution is 2.39. The van der Waals surface area contributed by atoms with E-state index in [0.29, 0.717) is 37.0 Å². The first-order chi connectivity index (χ1) is 10.8. The second kappa shape index (κ2) is 5.91. The Kier molecular flexibility index (Phi) is 4.23. The van der Waals surface area contributed by atoms with Crippen molar-refractivity contribution in [3.05, 3.63) is 29.3 Å². The van der Waals surface area contributed by atoms with Gasteiger partial charge in [0.25, 0.3) is 0 Å². The van der Waals surface area contributed by atoms with Crippen molar-refractivity contribution in [2.24, 2.45) is 11.8 Å². The Hall–Kier alpha value is -1.40. The van der Waals surface area contributed by atoms with Crippen molar-refractivity contribution in [1.82, 2.24) is 9.21 Å². The van der Waals surface area contributed by atoms with E-state index in [1.807, 2.05) is 24.8 Å². The first kappa shape index (κ1) is 16.5. The molecule has 1 aromatic carbocycles. The number of hydrogen-bond donors (Lipinski definition) is 0. The molecule has 1 saturated heterocycles. The molecule has 6 heteroatoms. The van der Waals surface area contributed by atoms with Crippen LogP contribution >= 0.6 is 0 Å². The third kappa shape index (κ3) is 3.15. The summed E-state index contributed by atoms with van der Waals surface area (Å²) in [5.74, 6) is 0.846. The van der Waals surface area contributed by atoms with Crippen molar-refractivity contribution in [2.45, 2.75) is 32.1 Å². The van der Waals surface area contributed by atoms with Crippen molar-refractivity contribution in [1.29, 1.82) is 0 Å². The Morgan fingerprint density at radius 1 is 1.09 bits per heavy atom. The van der Waals surface area contributed by atoms with Crippen LogP contribution in [0.4, 0.5) is 0 Å². The van der Waals surface area contributed by atoms with Gasteiger partial charge in [0.15, 0.2) is 0 Å². The summed E-state index contributed by atoms with van der Waals surface area (Å²) in [6, 6.07) is 5.24. The first-order valence-corrected chi connectivity index (χ1v) is 9.61. The van der Waals surface area contributed by atoms with Gasteiger partial charge < -0.3 is 4.90 Å². The zero-order chi connectivity index (χ0) is 16.8. The molecular weight excluding hydrogens is 312 g/mol. The average Bonchev–Trinajstić information content (AvgIpc) is 3.26. The summed E-state index contributed by atoms with van der Waals surface area (Å²) >= 11 is 0. The summed E-state index contributed by atoms with van der Waals surface area (Å²) in [6.45, 7) is 7.71. The van der Waals surface area contributed by atoms with Crippen LogP contribution in [0.1, 0.15) is 24.5 Å². The minimum atomic E-state index is -3.47. The number of rotatable bonds is 3. The lowest BCUT2D eigenvalue weighted by Gasteiger charge is -2.34. The van der Waals surface area contributed by atoms with Crippen molar-refractivity contribution in [3.63, 3.8) is 0 Å². The second-order valence-corrected chi connectivity index (χ2v) is 8.73. The van der Waals surface area contributed by atoms with E-state index in [2.05, 4.69) is 6.92 Å². The number of nitrogens with zero attached hydrogens (tertiary/aromatic N) is 2. The maximum Gasteiger partial charge on any atom is 0.243 e. The summed E-state index contributed by atoms with van der Waals surface area (Å²) in [5, 5.41) is 0. The van der Waals surface area contributed by atoms with Crippen molar-refractivity contribution < 1.29 is 13.2 Å². The van der Waals surface area contributed by atoms with E-state index in [-0.39, 0.29) is 11.8 Å². The van der Waals surface area contributed by atoms with Crippen molar-refractivity contribution in [2.75, 3.05) is 26.2 Å². The van der Waals surface area contributed by atoms with Gasteiger partial charge in [-0.15, -0.1) is 0 Å². The highest BCUT2D eigenvalue weighted by atomic mass is 32.2. The summed E-state index contributed by atoms with van der Waals surface area (Å²) in [6.07, 6.45) is 0.972. The molecule has 2 aliphatic rings. The number of piperazine rings is 1. The molecule has 2 fully saturated rings. The van der Waals surface area contributed by atoms with Gasteiger partial charge in [0.1, 0.15) is 0 Å². The summed E-state index contributed by atoms with van der Waals surface area (Å²) in [5.41, 5.74) is 2.06. The summed E-state index contributed by atoms with van der Waals surface area (Å²) in [7, 11) is -3.47. The molecule has 1 saturated carbocycles. The Morgan fingerprint density at radius 2 is 1.70 bits per heavy atom. The van der Waals surface area contributed by atoms with Gasteiger partial charge in [0.05, 0.1) is 4.90 Å². The van der Waals surface area contributed by atoms with E-state index in [1.54, 1.807) is 12.1 Å². The lowest BCUT2D eigenvalue weighted by Crippen LogP contribution is -2.51. The molecule has 126 valence electrons. The minimum absolute atomic E-state index is 0.165. The van der Waals surface area contributed by atoms with Gasteiger partial charge in [-0.25, -0.2) is 8.42 Å². The normalized spacial score (nSPS) is 25.4. The van der Waals surface area contributed by atoms with E-state index in [4.69, 9.17) is 0 Å². The molecule has 0 spiro atoms. The molecule has 23 heavy (non-hydrogen) atoms. The highest BCUT2D eigenvalue weighted by Gasteiger charge is 2.42. The van der Waals surface area contributed by atoms with E-state index >= 15 is 0 Å². The number of carbonyl (C=O) groups is 1. The van der Waals surface area contributed by atoms with Gasteiger partial charge in [-0.2, -0.15) is 4.31 Å². The topological polar surface area (TPSA) is 57.7 Å². The lowest BCUT2D eigenvalue weighted by atomic mass is 10.1. The maximum atomic E-state index is 12.7. The van der Waals surface area contributed by atoms with Gasteiger partial charge in [-0.3, -0.25) is 4.79 Å². The molecule has 0 radical (unpaired) electrons. The third-order valence-electron chi connectivity index (χ3n) is 5.09. The molecule has 1 heterocycles. The van der Waals surface area contributed by atoms with E-state index in [1.165, 1.54) is 4.31 Å². The molecule has 0 N–H and O–H groups in total. The van der Waals surface area contributed by atoms with Gasteiger partial charge in [0, 0.05) is 32.1 Å². The molecule has 1 aromatic rings. The van der Waals surface area contributed by atoms with Crippen LogP contribution in [0.5, 0.6) is 0 Å². The van der Waals surface area contributed by atoms with Crippen LogP contribution in [0.2, 0.25) is 0 Å². The zero-order valence-corrected chi connectivity index (χ0v) is 14.8. The maximum absolute atomic E-state index is 12.7. The number of aryl methyl sites for hydroxylation is 2. The first-order valence-electron chi connectivity index (χ1n) is 8.17. The highest BCUT2D eigenvalue weighted by molar-refractivity contribution is 7.89. The monoisotopic (exact) mass is 336 g/mol. The van der Waals surface area contributed by atoms with Crippen LogP contribution in [0.3, 0.4) is 0 Å². The summed E-state index contributed by atoms with van der Waals surface area (Å²) < 4.78 is 27.0. The van der Waals surface area contributed by atoms with E-state index < -0.39 is 10.0 Å². The number of hydrogen-bond acceptors (Lipinski definition) is 3. The van der Waals surface area contributed by atoms with Crippen LogP contribution in [-0.4, -0.2) is 49.7 Å². The average molecular weight is 336 g/mol. The Morgan fingerprint density at radius 3 is 2.22 bits per heavy atom. The van der Waals surface area contributed by atoms with Crippen LogP contribution in [0.15, 0.2) is 23.1 Å². The molecule has 3 rings (SSSR count). The SMILES string of the molecule is Cc1ccc(S(=O)(=O)N2CCN(C(=O)[C@@H]3C[C@@H]3C)CC2)cc1C. The third-order valence-corrected chi connectivity index (χ3v) is 6.99. The second-order valence-electron chi connectivity index (χ2n) is 6.79. The van der Waals surface area contributed by atoms with Crippen LogP contribution in [0, 0.1) is 25.7 Å². The molecule has 0 aromatic heterocycles. The number of amides is 1. The molecule has 1 aliphatic heterocycles. The van der Waals surface area contributed by atoms with E-state index in [0.717, 1.165) is 17.5 Å². The van der Waals surface area contributed by atoms with Gasteiger partial charge >= 0.3 is 0 Å². The van der Waals surface area contributed by atoms with Gasteiger partial charge in [0.2, 0.25) is 15.9 Å². The number of sulfonamides is 1. The predicted molar refractivity (Wildman–Crippen MR) is 88.5 cm³/mol. The van der Waals surface area contributed by atoms with Crippen molar-refractivity contribution >= 4 is 15.9 Å². The molecule has 0 unspecified atom stereocenters. The van der Waals surface area contributed by atoms with Crippen LogP contribution in [0.25, 0.3) is 0 Å². The lowest BCUT2D eigenvalue weighted by molar-refractivity contribution is -0.134. The Bertz CT molecular complexity index is 721. The van der Waals surface area contributed by atoms with Crippen LogP contribution in [-0.2, 0) is 14.8 Å². The smallest absolute Gasteiger partial charge is 0.243 e. The summed E-state index contributed by atoms with van der Waals surface area (Å²) in [4.78, 5) is 14.4. The number of carbonyl (C=O) groups excluding carboxylic acids is 1. The Balaban J connectivity index is 1.68. The largest absolute Gasteiger partial charge is 0.340 e. The molecule has 1 amide bonds. The number of benzene rings is 1. The molecule has 0 bridgehead atoms. The standard InChI is InChI=1S/C17H24N2O3S/c1-12-4-5-15(10-13(12)2)23(21,22)19-8-6-18(7-9-19)17(20)16-11-14(16)3/h4-5,10,14,16H,6-9,11H2,1-3H3/t14-,16+/m0/s1. The van der Waals surface area contributed by atoms with E-state index in [9.17, 15) is 13.2 Å². The van der Waals surface area contributed by atoms with Gasteiger partial charge in [-0.1, -0.05) is 13.0 Å². The predicted octanol–water partition coefficient (Wildman–Crippen LogP) is 1.79. The minimum Gasteiger partial charge on any atom is -0.340 e. The molecule has 1 aliphatic carbocycles. The van der Waals surface area contributed by atoms with Crippen LogP contribution < -0.4 is 0 Å². The zero-order valence-electron chi connectivity index (χ0n) is 13.9.